The van der Waals surface area contributed by atoms with Crippen molar-refractivity contribution in [3.8, 4) is 17.2 Å². The lowest BCUT2D eigenvalue weighted by atomic mass is 9.78. The molecule has 2 heterocycles. The van der Waals surface area contributed by atoms with Crippen molar-refractivity contribution in [1.29, 1.82) is 5.26 Å². The first kappa shape index (κ1) is 19.7. The number of hydrogen-bond donors (Lipinski definition) is 1. The number of benzene rings is 1. The average Bonchev–Trinajstić information content (AvgIpc) is 2.75. The SMILES string of the molecule is CC(=O)N=C1CCC(C#N)CC1c1cc2cc(-c3cncc(N)c3C)ccc2cn1. The molecule has 3 aromatic rings. The Morgan fingerprint density at radius 2 is 2.07 bits per heavy atom. The molecule has 0 radical (unpaired) electrons. The highest BCUT2D eigenvalue weighted by Gasteiger charge is 2.30. The van der Waals surface area contributed by atoms with Crippen LogP contribution >= 0.6 is 0 Å². The number of carbonyl (C=O) groups is 1. The zero-order valence-electron chi connectivity index (χ0n) is 17.1. The normalized spacial score (nSPS) is 20.2. The molecule has 6 heteroatoms. The fourth-order valence-electron chi connectivity index (χ4n) is 4.13. The molecular formula is C24H23N5O. The molecule has 1 aliphatic rings. The highest BCUT2D eigenvalue weighted by Crippen LogP contribution is 2.35. The molecule has 0 spiro atoms. The molecule has 2 unspecified atom stereocenters. The van der Waals surface area contributed by atoms with Crippen LogP contribution in [0.25, 0.3) is 21.9 Å². The van der Waals surface area contributed by atoms with E-state index in [1.54, 1.807) is 6.20 Å². The van der Waals surface area contributed by atoms with Gasteiger partial charge in [0.25, 0.3) is 0 Å². The number of fused-ring (bicyclic) bond motifs is 1. The molecule has 1 saturated carbocycles. The van der Waals surface area contributed by atoms with Gasteiger partial charge >= 0.3 is 0 Å². The van der Waals surface area contributed by atoms with Crippen molar-refractivity contribution in [2.24, 2.45) is 10.9 Å². The Bertz CT molecular complexity index is 1210. The van der Waals surface area contributed by atoms with Gasteiger partial charge in [-0.15, -0.1) is 0 Å². The van der Waals surface area contributed by atoms with Gasteiger partial charge in [-0.05, 0) is 54.8 Å². The second kappa shape index (κ2) is 8.03. The van der Waals surface area contributed by atoms with Crippen molar-refractivity contribution in [3.05, 3.63) is 54.1 Å². The second-order valence-corrected chi connectivity index (χ2v) is 7.85. The van der Waals surface area contributed by atoms with E-state index in [-0.39, 0.29) is 17.7 Å². The number of anilines is 1. The molecule has 1 aromatic carbocycles. The number of amides is 1. The average molecular weight is 397 g/mol. The van der Waals surface area contributed by atoms with E-state index < -0.39 is 0 Å². The quantitative estimate of drug-likeness (QED) is 0.681. The third-order valence-electron chi connectivity index (χ3n) is 5.82. The molecule has 6 nitrogen and oxygen atoms in total. The summed E-state index contributed by atoms with van der Waals surface area (Å²) in [7, 11) is 0. The first-order valence-electron chi connectivity index (χ1n) is 10.0. The summed E-state index contributed by atoms with van der Waals surface area (Å²) >= 11 is 0. The number of aliphatic imine (C=N–C) groups is 1. The van der Waals surface area contributed by atoms with Gasteiger partial charge in [0, 0.05) is 53.5 Å². The van der Waals surface area contributed by atoms with Crippen LogP contribution in [0.4, 0.5) is 5.69 Å². The summed E-state index contributed by atoms with van der Waals surface area (Å²) in [6.07, 6.45) is 7.35. The van der Waals surface area contributed by atoms with Crippen molar-refractivity contribution >= 4 is 28.1 Å². The van der Waals surface area contributed by atoms with Crippen LogP contribution in [0.3, 0.4) is 0 Å². The first-order chi connectivity index (χ1) is 14.5. The summed E-state index contributed by atoms with van der Waals surface area (Å²) in [6.45, 7) is 3.45. The monoisotopic (exact) mass is 397 g/mol. The summed E-state index contributed by atoms with van der Waals surface area (Å²) in [5.74, 6) is -0.375. The van der Waals surface area contributed by atoms with Crippen LogP contribution < -0.4 is 5.73 Å². The van der Waals surface area contributed by atoms with Gasteiger partial charge in [-0.2, -0.15) is 5.26 Å². The molecule has 0 aliphatic heterocycles. The fourth-order valence-corrected chi connectivity index (χ4v) is 4.13. The molecule has 1 aliphatic carbocycles. The van der Waals surface area contributed by atoms with Crippen LogP contribution in [0.2, 0.25) is 0 Å². The molecule has 0 bridgehead atoms. The largest absolute Gasteiger partial charge is 0.397 e. The Labute approximate surface area is 175 Å². The van der Waals surface area contributed by atoms with E-state index in [0.29, 0.717) is 18.5 Å². The molecule has 4 rings (SSSR count). The van der Waals surface area contributed by atoms with Crippen molar-refractivity contribution in [2.75, 3.05) is 5.73 Å². The zero-order valence-corrected chi connectivity index (χ0v) is 17.1. The lowest BCUT2D eigenvalue weighted by molar-refractivity contribution is -0.115. The molecule has 2 N–H and O–H groups in total. The number of aromatic nitrogens is 2. The summed E-state index contributed by atoms with van der Waals surface area (Å²) in [6, 6.07) is 10.6. The van der Waals surface area contributed by atoms with Crippen LogP contribution in [-0.4, -0.2) is 21.6 Å². The van der Waals surface area contributed by atoms with E-state index in [2.05, 4.69) is 27.1 Å². The molecule has 2 aromatic heterocycles. The Kier molecular flexibility index (Phi) is 5.28. The lowest BCUT2D eigenvalue weighted by Crippen LogP contribution is -2.24. The minimum absolute atomic E-state index is 0.0502. The smallest absolute Gasteiger partial charge is 0.242 e. The number of nitrogens with two attached hydrogens (primary N) is 1. The van der Waals surface area contributed by atoms with Crippen LogP contribution in [0.1, 0.15) is 43.4 Å². The topological polar surface area (TPSA) is 105 Å². The van der Waals surface area contributed by atoms with Gasteiger partial charge in [-0.1, -0.05) is 12.1 Å². The van der Waals surface area contributed by atoms with E-state index in [0.717, 1.165) is 45.3 Å². The fraction of sp³-hybridized carbons (Fsp3) is 0.292. The van der Waals surface area contributed by atoms with E-state index in [4.69, 9.17) is 5.73 Å². The number of carbonyl (C=O) groups excluding carboxylic acids is 1. The summed E-state index contributed by atoms with van der Waals surface area (Å²) in [4.78, 5) is 24.7. The van der Waals surface area contributed by atoms with Crippen LogP contribution in [0, 0.1) is 24.2 Å². The van der Waals surface area contributed by atoms with E-state index >= 15 is 0 Å². The van der Waals surface area contributed by atoms with Crippen LogP contribution in [0.5, 0.6) is 0 Å². The van der Waals surface area contributed by atoms with Gasteiger partial charge < -0.3 is 5.73 Å². The van der Waals surface area contributed by atoms with Gasteiger partial charge in [0.05, 0.1) is 18.0 Å². The van der Waals surface area contributed by atoms with E-state index in [1.165, 1.54) is 6.92 Å². The van der Waals surface area contributed by atoms with Crippen molar-refractivity contribution in [1.82, 2.24) is 9.97 Å². The number of pyridine rings is 2. The van der Waals surface area contributed by atoms with Crippen molar-refractivity contribution in [3.63, 3.8) is 0 Å². The van der Waals surface area contributed by atoms with E-state index in [9.17, 15) is 10.1 Å². The maximum Gasteiger partial charge on any atom is 0.242 e. The van der Waals surface area contributed by atoms with Crippen LogP contribution in [0.15, 0.2) is 47.8 Å². The highest BCUT2D eigenvalue weighted by molar-refractivity contribution is 5.99. The number of rotatable bonds is 2. The van der Waals surface area contributed by atoms with Gasteiger partial charge in [-0.25, -0.2) is 4.99 Å². The van der Waals surface area contributed by atoms with Gasteiger partial charge in [0.1, 0.15) is 0 Å². The predicted octanol–water partition coefficient (Wildman–Crippen LogP) is 4.58. The molecule has 30 heavy (non-hydrogen) atoms. The number of nitriles is 1. The van der Waals surface area contributed by atoms with Crippen LogP contribution in [-0.2, 0) is 4.79 Å². The number of nitrogens with zero attached hydrogens (tertiary/aromatic N) is 4. The molecule has 0 saturated heterocycles. The number of hydrogen-bond acceptors (Lipinski definition) is 5. The summed E-state index contributed by atoms with van der Waals surface area (Å²) in [5.41, 5.74) is 11.4. The molecule has 1 amide bonds. The Balaban J connectivity index is 1.79. The molecule has 150 valence electrons. The third kappa shape index (κ3) is 3.79. The zero-order chi connectivity index (χ0) is 21.3. The Hall–Kier alpha value is -3.59. The van der Waals surface area contributed by atoms with E-state index in [1.807, 2.05) is 37.5 Å². The maximum atomic E-state index is 11.6. The summed E-state index contributed by atoms with van der Waals surface area (Å²) < 4.78 is 0. The second-order valence-electron chi connectivity index (χ2n) is 7.85. The maximum absolute atomic E-state index is 11.6. The first-order valence-corrected chi connectivity index (χ1v) is 10.0. The highest BCUT2D eigenvalue weighted by atomic mass is 16.1. The van der Waals surface area contributed by atoms with Crippen molar-refractivity contribution in [2.45, 2.75) is 39.0 Å². The standard InChI is InChI=1S/C24H23N5O/c1-14-21(12-27-13-22(14)26)17-4-5-18-11-28-24(9-19(18)8-17)20-7-16(10-25)3-6-23(20)29-15(2)30/h4-5,8-9,11-13,16,20H,3,6-7,26H2,1-2H3. The predicted molar refractivity (Wildman–Crippen MR) is 118 cm³/mol. The van der Waals surface area contributed by atoms with Gasteiger partial charge in [-0.3, -0.25) is 14.8 Å². The minimum atomic E-state index is -0.210. The van der Waals surface area contributed by atoms with Crippen molar-refractivity contribution < 1.29 is 4.79 Å². The minimum Gasteiger partial charge on any atom is -0.397 e. The molecular weight excluding hydrogens is 374 g/mol. The lowest BCUT2D eigenvalue weighted by Gasteiger charge is -2.27. The van der Waals surface area contributed by atoms with Gasteiger partial charge in [0.15, 0.2) is 0 Å². The Morgan fingerprint density at radius 1 is 1.23 bits per heavy atom. The van der Waals surface area contributed by atoms with Gasteiger partial charge in [0.2, 0.25) is 5.91 Å². The number of nitrogen functional groups attached to an aromatic ring is 1. The third-order valence-corrected chi connectivity index (χ3v) is 5.82. The summed E-state index contributed by atoms with van der Waals surface area (Å²) in [5, 5.41) is 11.5. The molecule has 2 atom stereocenters. The molecule has 1 fully saturated rings. The Morgan fingerprint density at radius 3 is 2.83 bits per heavy atom.